The van der Waals surface area contributed by atoms with Gasteiger partial charge in [0.05, 0.1) is 5.56 Å². The summed E-state index contributed by atoms with van der Waals surface area (Å²) in [4.78, 5) is 16.3. The smallest absolute Gasteiger partial charge is 0.280 e. The minimum Gasteiger partial charge on any atom is -0.507 e. The van der Waals surface area contributed by atoms with Crippen molar-refractivity contribution in [3.8, 4) is 5.75 Å². The molecule has 0 spiro atoms. The number of phenols is 1. The third kappa shape index (κ3) is 2.77. The highest BCUT2D eigenvalue weighted by Crippen LogP contribution is 2.33. The molecule has 3 nitrogen and oxygen atoms in total. The highest BCUT2D eigenvalue weighted by atomic mass is 35.5. The van der Waals surface area contributed by atoms with Gasteiger partial charge in [-0.3, -0.25) is 4.79 Å². The molecule has 1 N–H and O–H groups in total. The molecule has 1 amide bonds. The van der Waals surface area contributed by atoms with Gasteiger partial charge in [-0.05, 0) is 54.7 Å². The van der Waals surface area contributed by atoms with Crippen LogP contribution in [0.4, 0.5) is 0 Å². The topological polar surface area (TPSA) is 49.7 Å². The SMILES string of the molecule is Cc1cccc(O)c1C(=O)N=CC1CCc2cc(Cl)ccc21. The second-order valence-electron chi connectivity index (χ2n) is 5.54. The lowest BCUT2D eigenvalue weighted by atomic mass is 10.0. The molecule has 0 heterocycles. The average Bonchev–Trinajstić information content (AvgIpc) is 2.87. The Hall–Kier alpha value is -2.13. The van der Waals surface area contributed by atoms with Crippen LogP contribution >= 0.6 is 11.6 Å². The molecule has 4 heteroatoms. The molecule has 0 aliphatic heterocycles. The molecule has 2 aromatic carbocycles. The van der Waals surface area contributed by atoms with Crippen molar-refractivity contribution in [3.63, 3.8) is 0 Å². The lowest BCUT2D eigenvalue weighted by molar-refractivity contribution is 0.1000. The molecule has 1 aliphatic carbocycles. The number of carbonyl (C=O) groups is 1. The van der Waals surface area contributed by atoms with Crippen molar-refractivity contribution in [1.29, 1.82) is 0 Å². The van der Waals surface area contributed by atoms with Gasteiger partial charge in [-0.2, -0.15) is 0 Å². The van der Waals surface area contributed by atoms with Gasteiger partial charge in [0, 0.05) is 17.2 Å². The van der Waals surface area contributed by atoms with Gasteiger partial charge in [-0.1, -0.05) is 29.8 Å². The number of phenolic OH excluding ortho intramolecular Hbond substituents is 1. The van der Waals surface area contributed by atoms with Gasteiger partial charge < -0.3 is 5.11 Å². The van der Waals surface area contributed by atoms with Crippen LogP contribution in [0, 0.1) is 6.92 Å². The van der Waals surface area contributed by atoms with E-state index in [0.717, 1.165) is 23.4 Å². The number of aromatic hydroxyl groups is 1. The fourth-order valence-electron chi connectivity index (χ4n) is 2.93. The zero-order chi connectivity index (χ0) is 15.7. The third-order valence-corrected chi connectivity index (χ3v) is 4.30. The van der Waals surface area contributed by atoms with Crippen LogP contribution in [0.15, 0.2) is 41.4 Å². The van der Waals surface area contributed by atoms with E-state index in [4.69, 9.17) is 11.6 Å². The van der Waals surface area contributed by atoms with Crippen LogP contribution in [0.3, 0.4) is 0 Å². The number of carbonyl (C=O) groups excluding carboxylic acids is 1. The molecule has 1 atom stereocenters. The summed E-state index contributed by atoms with van der Waals surface area (Å²) >= 11 is 6.00. The summed E-state index contributed by atoms with van der Waals surface area (Å²) in [5.74, 6) is -0.304. The monoisotopic (exact) mass is 313 g/mol. The molecule has 22 heavy (non-hydrogen) atoms. The fourth-order valence-corrected chi connectivity index (χ4v) is 3.12. The summed E-state index contributed by atoms with van der Waals surface area (Å²) in [7, 11) is 0. The largest absolute Gasteiger partial charge is 0.507 e. The molecule has 0 aromatic heterocycles. The van der Waals surface area contributed by atoms with Gasteiger partial charge in [0.25, 0.3) is 5.91 Å². The third-order valence-electron chi connectivity index (χ3n) is 4.07. The van der Waals surface area contributed by atoms with Crippen molar-refractivity contribution >= 4 is 23.7 Å². The first-order chi connectivity index (χ1) is 10.6. The zero-order valence-electron chi connectivity index (χ0n) is 12.2. The lowest BCUT2D eigenvalue weighted by Gasteiger charge is -2.06. The number of aryl methyl sites for hydroxylation is 2. The maximum absolute atomic E-state index is 12.2. The Morgan fingerprint density at radius 3 is 2.95 bits per heavy atom. The van der Waals surface area contributed by atoms with Gasteiger partial charge in [0.1, 0.15) is 5.75 Å². The first kappa shape index (κ1) is 14.8. The van der Waals surface area contributed by atoms with Gasteiger partial charge >= 0.3 is 0 Å². The number of rotatable bonds is 2. The predicted molar refractivity (Wildman–Crippen MR) is 88.2 cm³/mol. The number of nitrogens with zero attached hydrogens (tertiary/aromatic N) is 1. The quantitative estimate of drug-likeness (QED) is 0.841. The van der Waals surface area contributed by atoms with E-state index in [0.29, 0.717) is 0 Å². The minimum atomic E-state index is -0.405. The number of benzene rings is 2. The molecule has 2 aromatic rings. The summed E-state index contributed by atoms with van der Waals surface area (Å²) in [6, 6.07) is 10.8. The van der Waals surface area contributed by atoms with E-state index in [-0.39, 0.29) is 17.2 Å². The Morgan fingerprint density at radius 2 is 2.18 bits per heavy atom. The average molecular weight is 314 g/mol. The standard InChI is InChI=1S/C18H16ClNO2/c1-11-3-2-4-16(21)17(11)18(22)20-10-13-6-5-12-9-14(19)7-8-15(12)13/h2-4,7-10,13,21H,5-6H2,1H3. The van der Waals surface area contributed by atoms with Crippen molar-refractivity contribution in [1.82, 2.24) is 0 Å². The molecule has 1 aliphatic rings. The van der Waals surface area contributed by atoms with Gasteiger partial charge in [-0.15, -0.1) is 0 Å². The van der Waals surface area contributed by atoms with Crippen molar-refractivity contribution in [2.24, 2.45) is 4.99 Å². The zero-order valence-corrected chi connectivity index (χ0v) is 13.0. The molecule has 0 bridgehead atoms. The number of aliphatic imine (C=N–C) groups is 1. The van der Waals surface area contributed by atoms with E-state index in [2.05, 4.69) is 4.99 Å². The molecule has 1 unspecified atom stereocenters. The molecular weight excluding hydrogens is 298 g/mol. The summed E-state index contributed by atoms with van der Waals surface area (Å²) < 4.78 is 0. The van der Waals surface area contributed by atoms with Crippen LogP contribution in [0.25, 0.3) is 0 Å². The number of hydrogen-bond acceptors (Lipinski definition) is 2. The molecule has 0 saturated carbocycles. The van der Waals surface area contributed by atoms with E-state index in [1.54, 1.807) is 25.3 Å². The Kier molecular flexibility index (Phi) is 3.99. The van der Waals surface area contributed by atoms with Crippen LogP contribution in [0.2, 0.25) is 5.02 Å². The molecule has 0 saturated heterocycles. The Morgan fingerprint density at radius 1 is 1.36 bits per heavy atom. The van der Waals surface area contributed by atoms with E-state index < -0.39 is 5.91 Å². The van der Waals surface area contributed by atoms with Crippen molar-refractivity contribution in [2.45, 2.75) is 25.7 Å². The highest BCUT2D eigenvalue weighted by Gasteiger charge is 2.21. The van der Waals surface area contributed by atoms with E-state index in [1.165, 1.54) is 17.2 Å². The van der Waals surface area contributed by atoms with Crippen LogP contribution in [0.5, 0.6) is 5.75 Å². The van der Waals surface area contributed by atoms with Crippen LogP contribution in [-0.4, -0.2) is 17.2 Å². The highest BCUT2D eigenvalue weighted by molar-refractivity contribution is 6.30. The maximum atomic E-state index is 12.2. The van der Waals surface area contributed by atoms with E-state index in [9.17, 15) is 9.90 Å². The summed E-state index contributed by atoms with van der Waals surface area (Å²) in [6.07, 6.45) is 3.55. The van der Waals surface area contributed by atoms with Gasteiger partial charge in [0.2, 0.25) is 0 Å². The molecule has 0 radical (unpaired) electrons. The van der Waals surface area contributed by atoms with Crippen LogP contribution in [0.1, 0.15) is 39.4 Å². The fraction of sp³-hybridized carbons (Fsp3) is 0.222. The Balaban J connectivity index is 1.83. The van der Waals surface area contributed by atoms with Crippen LogP contribution in [-0.2, 0) is 6.42 Å². The van der Waals surface area contributed by atoms with E-state index >= 15 is 0 Å². The van der Waals surface area contributed by atoms with Gasteiger partial charge in [0.15, 0.2) is 0 Å². The lowest BCUT2D eigenvalue weighted by Crippen LogP contribution is -2.02. The van der Waals surface area contributed by atoms with E-state index in [1.807, 2.05) is 18.2 Å². The Bertz CT molecular complexity index is 747. The maximum Gasteiger partial charge on any atom is 0.280 e. The second kappa shape index (κ2) is 5.93. The van der Waals surface area contributed by atoms with Gasteiger partial charge in [-0.25, -0.2) is 4.99 Å². The molecule has 112 valence electrons. The number of hydrogen-bond donors (Lipinski definition) is 1. The number of halogens is 1. The number of amides is 1. The normalized spacial score (nSPS) is 16.9. The van der Waals surface area contributed by atoms with Crippen molar-refractivity contribution < 1.29 is 9.90 Å². The minimum absolute atomic E-state index is 0.0271. The first-order valence-electron chi connectivity index (χ1n) is 7.21. The second-order valence-corrected chi connectivity index (χ2v) is 5.98. The molecular formula is C18H16ClNO2. The van der Waals surface area contributed by atoms with Crippen LogP contribution < -0.4 is 0 Å². The first-order valence-corrected chi connectivity index (χ1v) is 7.59. The number of fused-ring (bicyclic) bond motifs is 1. The Labute approximate surface area is 134 Å². The van der Waals surface area contributed by atoms with Crippen molar-refractivity contribution in [3.05, 3.63) is 63.7 Å². The molecule has 3 rings (SSSR count). The summed E-state index contributed by atoms with van der Waals surface area (Å²) in [5, 5.41) is 10.6. The predicted octanol–water partition coefficient (Wildman–Crippen LogP) is 4.30. The van der Waals surface area contributed by atoms with Crippen molar-refractivity contribution in [2.75, 3.05) is 0 Å². The summed E-state index contributed by atoms with van der Waals surface area (Å²) in [6.45, 7) is 1.79. The summed E-state index contributed by atoms with van der Waals surface area (Å²) in [5.41, 5.74) is 3.39. The molecule has 0 fully saturated rings.